The minimum absolute atomic E-state index is 0.218. The molecule has 0 radical (unpaired) electrons. The van der Waals surface area contributed by atoms with Gasteiger partial charge in [0.2, 0.25) is 5.91 Å². The number of hydrogen-bond donors (Lipinski definition) is 1. The van der Waals surface area contributed by atoms with Gasteiger partial charge in [0.05, 0.1) is 12.2 Å². The molecule has 1 N–H and O–H groups in total. The first-order valence-corrected chi connectivity index (χ1v) is 7.92. The third kappa shape index (κ3) is 3.71. The Labute approximate surface area is 117 Å². The molecule has 1 heterocycles. The Morgan fingerprint density at radius 1 is 1.26 bits per heavy atom. The first-order valence-electron chi connectivity index (χ1n) is 7.92. The molecule has 110 valence electrons. The molecule has 3 nitrogen and oxygen atoms in total. The van der Waals surface area contributed by atoms with E-state index in [2.05, 4.69) is 33.0 Å². The van der Waals surface area contributed by atoms with E-state index in [0.717, 1.165) is 6.42 Å². The van der Waals surface area contributed by atoms with Crippen LogP contribution in [-0.2, 0) is 9.53 Å². The zero-order chi connectivity index (χ0) is 14.0. The van der Waals surface area contributed by atoms with Gasteiger partial charge in [0.25, 0.3) is 0 Å². The molecule has 1 amide bonds. The SMILES string of the molecule is CC(C)CC(=O)N[C@@H]1C[C@H](C(C)C)O[C@@H]2CCC[C@@H]12. The Balaban J connectivity index is 1.97. The van der Waals surface area contributed by atoms with E-state index < -0.39 is 0 Å². The average Bonchev–Trinajstić information content (AvgIpc) is 2.75. The van der Waals surface area contributed by atoms with Crippen molar-refractivity contribution in [2.45, 2.75) is 78.0 Å². The van der Waals surface area contributed by atoms with Gasteiger partial charge in [0.1, 0.15) is 0 Å². The highest BCUT2D eigenvalue weighted by Crippen LogP contribution is 2.39. The quantitative estimate of drug-likeness (QED) is 0.850. The highest BCUT2D eigenvalue weighted by Gasteiger charge is 2.42. The molecular formula is C16H29NO2. The molecule has 1 saturated heterocycles. The van der Waals surface area contributed by atoms with Crippen LogP contribution in [0, 0.1) is 17.8 Å². The smallest absolute Gasteiger partial charge is 0.220 e. The van der Waals surface area contributed by atoms with Crippen molar-refractivity contribution in [3.05, 3.63) is 0 Å². The molecule has 0 bridgehead atoms. The average molecular weight is 267 g/mol. The van der Waals surface area contributed by atoms with Crippen molar-refractivity contribution in [2.24, 2.45) is 17.8 Å². The van der Waals surface area contributed by atoms with Crippen LogP contribution in [0.15, 0.2) is 0 Å². The third-order valence-electron chi connectivity index (χ3n) is 4.54. The van der Waals surface area contributed by atoms with Crippen LogP contribution < -0.4 is 5.32 Å². The van der Waals surface area contributed by atoms with E-state index in [0.29, 0.717) is 42.4 Å². The lowest BCUT2D eigenvalue weighted by Crippen LogP contribution is -2.51. The van der Waals surface area contributed by atoms with Crippen molar-refractivity contribution in [1.82, 2.24) is 5.32 Å². The summed E-state index contributed by atoms with van der Waals surface area (Å²) in [7, 11) is 0. The summed E-state index contributed by atoms with van der Waals surface area (Å²) in [5.74, 6) is 1.73. The molecule has 0 aromatic rings. The summed E-state index contributed by atoms with van der Waals surface area (Å²) in [4.78, 5) is 12.0. The molecule has 1 aliphatic heterocycles. The summed E-state index contributed by atoms with van der Waals surface area (Å²) >= 11 is 0. The van der Waals surface area contributed by atoms with E-state index in [-0.39, 0.29) is 5.91 Å². The second kappa shape index (κ2) is 6.25. The Bertz CT molecular complexity index is 314. The molecular weight excluding hydrogens is 238 g/mol. The first kappa shape index (κ1) is 14.8. The van der Waals surface area contributed by atoms with Gasteiger partial charge in [-0.15, -0.1) is 0 Å². The van der Waals surface area contributed by atoms with Gasteiger partial charge in [-0.05, 0) is 31.1 Å². The zero-order valence-electron chi connectivity index (χ0n) is 12.8. The van der Waals surface area contributed by atoms with Crippen molar-refractivity contribution in [3.8, 4) is 0 Å². The molecule has 2 rings (SSSR count). The molecule has 2 aliphatic rings. The molecule has 0 aromatic carbocycles. The van der Waals surface area contributed by atoms with Crippen LogP contribution in [0.1, 0.15) is 59.8 Å². The minimum atomic E-state index is 0.218. The molecule has 4 atom stereocenters. The lowest BCUT2D eigenvalue weighted by molar-refractivity contribution is -0.129. The van der Waals surface area contributed by atoms with E-state index in [1.165, 1.54) is 19.3 Å². The molecule has 1 saturated carbocycles. The monoisotopic (exact) mass is 267 g/mol. The number of carbonyl (C=O) groups is 1. The van der Waals surface area contributed by atoms with E-state index in [9.17, 15) is 4.79 Å². The molecule has 3 heteroatoms. The summed E-state index contributed by atoms with van der Waals surface area (Å²) in [5, 5.41) is 3.29. The Morgan fingerprint density at radius 2 is 2.00 bits per heavy atom. The lowest BCUT2D eigenvalue weighted by atomic mass is 9.85. The predicted molar refractivity (Wildman–Crippen MR) is 76.8 cm³/mol. The van der Waals surface area contributed by atoms with Crippen molar-refractivity contribution in [3.63, 3.8) is 0 Å². The van der Waals surface area contributed by atoms with E-state index in [1.807, 2.05) is 0 Å². The van der Waals surface area contributed by atoms with Crippen molar-refractivity contribution in [1.29, 1.82) is 0 Å². The molecule has 19 heavy (non-hydrogen) atoms. The van der Waals surface area contributed by atoms with Crippen LogP contribution in [0.25, 0.3) is 0 Å². The minimum Gasteiger partial charge on any atom is -0.374 e. The molecule has 0 spiro atoms. The van der Waals surface area contributed by atoms with Crippen LogP contribution in [-0.4, -0.2) is 24.2 Å². The number of ether oxygens (including phenoxy) is 1. The fourth-order valence-electron chi connectivity index (χ4n) is 3.52. The largest absolute Gasteiger partial charge is 0.374 e. The number of nitrogens with one attached hydrogen (secondary N) is 1. The summed E-state index contributed by atoms with van der Waals surface area (Å²) in [6.07, 6.45) is 5.95. The Kier molecular flexibility index (Phi) is 4.88. The van der Waals surface area contributed by atoms with Gasteiger partial charge in [-0.25, -0.2) is 0 Å². The Hall–Kier alpha value is -0.570. The second-order valence-electron chi connectivity index (χ2n) is 7.06. The van der Waals surface area contributed by atoms with Crippen LogP contribution >= 0.6 is 0 Å². The van der Waals surface area contributed by atoms with Gasteiger partial charge in [0.15, 0.2) is 0 Å². The topological polar surface area (TPSA) is 38.3 Å². The molecule has 0 unspecified atom stereocenters. The predicted octanol–water partition coefficient (Wildman–Crippen LogP) is 3.13. The number of fused-ring (bicyclic) bond motifs is 1. The van der Waals surface area contributed by atoms with Crippen LogP contribution in [0.2, 0.25) is 0 Å². The van der Waals surface area contributed by atoms with Crippen LogP contribution in [0.4, 0.5) is 0 Å². The molecule has 2 fully saturated rings. The zero-order valence-corrected chi connectivity index (χ0v) is 12.8. The summed E-state index contributed by atoms with van der Waals surface area (Å²) in [6, 6.07) is 0.333. The van der Waals surface area contributed by atoms with Crippen molar-refractivity contribution < 1.29 is 9.53 Å². The standard InChI is InChI=1S/C16H29NO2/c1-10(2)8-16(18)17-13-9-15(11(3)4)19-14-7-5-6-12(13)14/h10-15H,5-9H2,1-4H3,(H,17,18)/t12-,13+,14+,15+/m0/s1. The summed E-state index contributed by atoms with van der Waals surface area (Å²) in [6.45, 7) is 8.62. The van der Waals surface area contributed by atoms with Crippen molar-refractivity contribution in [2.75, 3.05) is 0 Å². The van der Waals surface area contributed by atoms with Crippen LogP contribution in [0.5, 0.6) is 0 Å². The second-order valence-corrected chi connectivity index (χ2v) is 7.06. The van der Waals surface area contributed by atoms with Crippen LogP contribution in [0.3, 0.4) is 0 Å². The van der Waals surface area contributed by atoms with Gasteiger partial charge in [0, 0.05) is 18.4 Å². The molecule has 0 aromatic heterocycles. The third-order valence-corrected chi connectivity index (χ3v) is 4.54. The molecule has 1 aliphatic carbocycles. The fourth-order valence-corrected chi connectivity index (χ4v) is 3.52. The number of carbonyl (C=O) groups excluding carboxylic acids is 1. The van der Waals surface area contributed by atoms with E-state index in [1.54, 1.807) is 0 Å². The van der Waals surface area contributed by atoms with Gasteiger partial charge >= 0.3 is 0 Å². The van der Waals surface area contributed by atoms with Crippen molar-refractivity contribution >= 4 is 5.91 Å². The van der Waals surface area contributed by atoms with Gasteiger partial charge < -0.3 is 10.1 Å². The normalized spacial score (nSPS) is 34.6. The Morgan fingerprint density at radius 3 is 2.63 bits per heavy atom. The summed E-state index contributed by atoms with van der Waals surface area (Å²) < 4.78 is 6.21. The van der Waals surface area contributed by atoms with Gasteiger partial charge in [-0.2, -0.15) is 0 Å². The lowest BCUT2D eigenvalue weighted by Gasteiger charge is -2.41. The fraction of sp³-hybridized carbons (Fsp3) is 0.938. The maximum Gasteiger partial charge on any atom is 0.220 e. The number of amides is 1. The highest BCUT2D eigenvalue weighted by atomic mass is 16.5. The van der Waals surface area contributed by atoms with E-state index >= 15 is 0 Å². The first-order chi connectivity index (χ1) is 8.97. The number of rotatable bonds is 4. The maximum atomic E-state index is 12.0. The van der Waals surface area contributed by atoms with E-state index in [4.69, 9.17) is 4.74 Å². The number of hydrogen-bond acceptors (Lipinski definition) is 2. The van der Waals surface area contributed by atoms with Gasteiger partial charge in [-0.1, -0.05) is 34.1 Å². The highest BCUT2D eigenvalue weighted by molar-refractivity contribution is 5.76. The maximum absolute atomic E-state index is 12.0. The summed E-state index contributed by atoms with van der Waals surface area (Å²) in [5.41, 5.74) is 0. The van der Waals surface area contributed by atoms with Gasteiger partial charge in [-0.3, -0.25) is 4.79 Å².